The number of pyridine rings is 1. The van der Waals surface area contributed by atoms with Gasteiger partial charge >= 0.3 is 6.18 Å². The van der Waals surface area contributed by atoms with Gasteiger partial charge < -0.3 is 9.47 Å². The van der Waals surface area contributed by atoms with Gasteiger partial charge in [-0.25, -0.2) is 9.97 Å². The summed E-state index contributed by atoms with van der Waals surface area (Å²) < 4.78 is 48.8. The van der Waals surface area contributed by atoms with E-state index in [1.54, 1.807) is 6.07 Å². The van der Waals surface area contributed by atoms with Crippen molar-refractivity contribution in [3.63, 3.8) is 0 Å². The molecule has 26 heavy (non-hydrogen) atoms. The molecule has 134 valence electrons. The van der Waals surface area contributed by atoms with Crippen molar-refractivity contribution in [2.45, 2.75) is 6.18 Å². The van der Waals surface area contributed by atoms with Gasteiger partial charge in [-0.15, -0.1) is 0 Å². The Morgan fingerprint density at radius 3 is 2.38 bits per heavy atom. The summed E-state index contributed by atoms with van der Waals surface area (Å²) in [6.45, 7) is 0. The molecule has 0 N–H and O–H groups in total. The van der Waals surface area contributed by atoms with Crippen molar-refractivity contribution in [3.05, 3.63) is 59.5 Å². The predicted molar refractivity (Wildman–Crippen MR) is 88.3 cm³/mol. The fourth-order valence-electron chi connectivity index (χ4n) is 2.08. The van der Waals surface area contributed by atoms with E-state index in [9.17, 15) is 13.2 Å². The summed E-state index contributed by atoms with van der Waals surface area (Å²) in [6.07, 6.45) is -1.57. The van der Waals surface area contributed by atoms with Gasteiger partial charge in [0.05, 0.1) is 18.9 Å². The van der Waals surface area contributed by atoms with Crippen LogP contribution in [0.1, 0.15) is 5.56 Å². The van der Waals surface area contributed by atoms with E-state index in [2.05, 4.69) is 15.0 Å². The molecule has 9 heteroatoms. The molecule has 3 aromatic rings. The van der Waals surface area contributed by atoms with Gasteiger partial charge in [0.25, 0.3) is 5.88 Å². The zero-order valence-electron chi connectivity index (χ0n) is 13.3. The molecule has 0 bridgehead atoms. The van der Waals surface area contributed by atoms with Crippen LogP contribution in [0.25, 0.3) is 11.4 Å². The van der Waals surface area contributed by atoms with E-state index in [1.807, 2.05) is 0 Å². The van der Waals surface area contributed by atoms with E-state index >= 15 is 0 Å². The zero-order chi connectivity index (χ0) is 18.7. The number of halogens is 4. The summed E-state index contributed by atoms with van der Waals surface area (Å²) >= 11 is 5.82. The van der Waals surface area contributed by atoms with Gasteiger partial charge in [0.1, 0.15) is 10.9 Å². The van der Waals surface area contributed by atoms with E-state index in [1.165, 1.54) is 37.7 Å². The minimum Gasteiger partial charge on any atom is -0.490 e. The van der Waals surface area contributed by atoms with Crippen LogP contribution in [0.15, 0.2) is 48.8 Å². The number of alkyl halides is 3. The summed E-state index contributed by atoms with van der Waals surface area (Å²) in [6, 6.07) is 7.57. The molecule has 3 rings (SSSR count). The fraction of sp³-hybridized carbons (Fsp3) is 0.118. The van der Waals surface area contributed by atoms with Crippen molar-refractivity contribution in [2.24, 2.45) is 0 Å². The van der Waals surface area contributed by atoms with Crippen LogP contribution in [-0.4, -0.2) is 22.1 Å². The first-order chi connectivity index (χ1) is 12.4. The van der Waals surface area contributed by atoms with Crippen molar-refractivity contribution >= 4 is 11.6 Å². The fourth-order valence-corrected chi connectivity index (χ4v) is 2.24. The Morgan fingerprint density at radius 2 is 1.77 bits per heavy atom. The molecule has 0 amide bonds. The summed E-state index contributed by atoms with van der Waals surface area (Å²) in [4.78, 5) is 12.2. The topological polar surface area (TPSA) is 57.1 Å². The Labute approximate surface area is 151 Å². The molecule has 1 aromatic carbocycles. The normalized spacial score (nSPS) is 11.3. The molecule has 0 saturated carbocycles. The molecule has 0 aliphatic carbocycles. The maximum atomic E-state index is 12.7. The average Bonchev–Trinajstić information content (AvgIpc) is 2.61. The molecule has 2 heterocycles. The van der Waals surface area contributed by atoms with Gasteiger partial charge in [-0.1, -0.05) is 23.7 Å². The van der Waals surface area contributed by atoms with Crippen molar-refractivity contribution in [1.82, 2.24) is 15.0 Å². The van der Waals surface area contributed by atoms with Gasteiger partial charge in [0, 0.05) is 17.8 Å². The van der Waals surface area contributed by atoms with E-state index in [0.29, 0.717) is 11.3 Å². The quantitative estimate of drug-likeness (QED) is 0.594. The standard InChI is InChI=1S/C17H11ClF3N3O2/c1-25-13-9-23-15(10-2-4-11(5-3-10)17(19,20)21)24-16(13)26-12-6-7-22-14(18)8-12/h2-9H,1H3. The maximum Gasteiger partial charge on any atom is 0.416 e. The van der Waals surface area contributed by atoms with Crippen molar-refractivity contribution < 1.29 is 22.6 Å². The molecule has 0 saturated heterocycles. The second kappa shape index (κ2) is 7.17. The molecule has 0 fully saturated rings. The monoisotopic (exact) mass is 381 g/mol. The summed E-state index contributed by atoms with van der Waals surface area (Å²) in [5.74, 6) is 0.920. The van der Waals surface area contributed by atoms with Gasteiger partial charge in [-0.3, -0.25) is 0 Å². The van der Waals surface area contributed by atoms with Gasteiger partial charge in [0.15, 0.2) is 11.6 Å². The van der Waals surface area contributed by atoms with Gasteiger partial charge in [-0.2, -0.15) is 18.2 Å². The Bertz CT molecular complexity index is 918. The number of nitrogens with zero attached hydrogens (tertiary/aromatic N) is 3. The Balaban J connectivity index is 1.94. The van der Waals surface area contributed by atoms with Crippen molar-refractivity contribution in [2.75, 3.05) is 7.11 Å². The van der Waals surface area contributed by atoms with E-state index in [0.717, 1.165) is 12.1 Å². The molecule has 0 spiro atoms. The van der Waals surface area contributed by atoms with Crippen LogP contribution >= 0.6 is 11.6 Å². The molecule has 5 nitrogen and oxygen atoms in total. The second-order valence-corrected chi connectivity index (χ2v) is 5.45. The van der Waals surface area contributed by atoms with E-state index < -0.39 is 11.7 Å². The number of hydrogen-bond acceptors (Lipinski definition) is 5. The van der Waals surface area contributed by atoms with Crippen LogP contribution in [0.5, 0.6) is 17.4 Å². The summed E-state index contributed by atoms with van der Waals surface area (Å²) in [7, 11) is 1.42. The summed E-state index contributed by atoms with van der Waals surface area (Å²) in [5, 5.41) is 0.235. The number of rotatable bonds is 4. The van der Waals surface area contributed by atoms with Crippen molar-refractivity contribution in [1.29, 1.82) is 0 Å². The molecule has 0 aliphatic heterocycles. The molecule has 0 atom stereocenters. The van der Waals surface area contributed by atoms with Crippen molar-refractivity contribution in [3.8, 4) is 28.8 Å². The predicted octanol–water partition coefficient (Wildman–Crippen LogP) is 5.01. The molecule has 0 unspecified atom stereocenters. The lowest BCUT2D eigenvalue weighted by molar-refractivity contribution is -0.137. The van der Waals surface area contributed by atoms with Crippen LogP contribution < -0.4 is 9.47 Å². The highest BCUT2D eigenvalue weighted by Gasteiger charge is 2.30. The number of methoxy groups -OCH3 is 1. The van der Waals surface area contributed by atoms with Crippen LogP contribution in [0.4, 0.5) is 13.2 Å². The lowest BCUT2D eigenvalue weighted by Gasteiger charge is -2.11. The van der Waals surface area contributed by atoms with Crippen LogP contribution in [0.3, 0.4) is 0 Å². The van der Waals surface area contributed by atoms with Crippen LogP contribution in [0.2, 0.25) is 5.15 Å². The highest BCUT2D eigenvalue weighted by atomic mass is 35.5. The van der Waals surface area contributed by atoms with Gasteiger partial charge in [-0.05, 0) is 18.2 Å². The minimum absolute atomic E-state index is 0.0969. The van der Waals surface area contributed by atoms with Crippen LogP contribution in [-0.2, 0) is 6.18 Å². The molecular formula is C17H11ClF3N3O2. The SMILES string of the molecule is COc1cnc(-c2ccc(C(F)(F)F)cc2)nc1Oc1ccnc(Cl)c1. The van der Waals surface area contributed by atoms with E-state index in [-0.39, 0.29) is 22.6 Å². The van der Waals surface area contributed by atoms with E-state index in [4.69, 9.17) is 21.1 Å². The highest BCUT2D eigenvalue weighted by molar-refractivity contribution is 6.29. The first-order valence-electron chi connectivity index (χ1n) is 7.25. The largest absolute Gasteiger partial charge is 0.490 e. The Hall–Kier alpha value is -2.87. The highest BCUT2D eigenvalue weighted by Crippen LogP contribution is 2.33. The third-order valence-electron chi connectivity index (χ3n) is 3.33. The first-order valence-corrected chi connectivity index (χ1v) is 7.62. The Kier molecular flexibility index (Phi) is 4.94. The smallest absolute Gasteiger partial charge is 0.416 e. The molecule has 2 aromatic heterocycles. The maximum absolute atomic E-state index is 12.7. The third kappa shape index (κ3) is 4.02. The number of benzene rings is 1. The number of hydrogen-bond donors (Lipinski definition) is 0. The molecule has 0 radical (unpaired) electrons. The second-order valence-electron chi connectivity index (χ2n) is 5.06. The molecular weight excluding hydrogens is 371 g/mol. The average molecular weight is 382 g/mol. The number of aromatic nitrogens is 3. The third-order valence-corrected chi connectivity index (χ3v) is 3.53. The Morgan fingerprint density at radius 1 is 1.04 bits per heavy atom. The lowest BCUT2D eigenvalue weighted by Crippen LogP contribution is -2.04. The lowest BCUT2D eigenvalue weighted by atomic mass is 10.1. The zero-order valence-corrected chi connectivity index (χ0v) is 14.0. The minimum atomic E-state index is -4.41. The summed E-state index contributed by atoms with van der Waals surface area (Å²) in [5.41, 5.74) is -0.351. The number of ether oxygens (including phenoxy) is 2. The van der Waals surface area contributed by atoms with Crippen LogP contribution in [0, 0.1) is 0 Å². The molecule has 0 aliphatic rings. The first kappa shape index (κ1) is 17.9. The van der Waals surface area contributed by atoms with Gasteiger partial charge in [0.2, 0.25) is 0 Å².